The van der Waals surface area contributed by atoms with Gasteiger partial charge in [-0.15, -0.1) is 0 Å². The summed E-state index contributed by atoms with van der Waals surface area (Å²) >= 11 is 0. The Balaban J connectivity index is 2.07. The summed E-state index contributed by atoms with van der Waals surface area (Å²) in [6, 6.07) is 3.70. The Bertz CT molecular complexity index is 656. The van der Waals surface area contributed by atoms with Crippen LogP contribution in [0.15, 0.2) is 23.1 Å². The van der Waals surface area contributed by atoms with Gasteiger partial charge in [-0.25, -0.2) is 13.1 Å². The number of piperidine rings is 1. The topological polar surface area (TPSA) is 111 Å². The molecule has 0 bridgehead atoms. The molecule has 0 saturated carbocycles. The van der Waals surface area contributed by atoms with Crippen molar-refractivity contribution in [3.8, 4) is 5.75 Å². The van der Waals surface area contributed by atoms with Crippen LogP contribution < -0.4 is 14.8 Å². The summed E-state index contributed by atoms with van der Waals surface area (Å²) in [7, 11) is -2.56. The van der Waals surface area contributed by atoms with Gasteiger partial charge in [-0.3, -0.25) is 10.1 Å². The maximum Gasteiger partial charge on any atom is 0.293 e. The first-order valence-corrected chi connectivity index (χ1v) is 8.95. The molecule has 2 N–H and O–H groups in total. The van der Waals surface area contributed by atoms with Crippen LogP contribution in [-0.4, -0.2) is 40.1 Å². The molecule has 0 spiro atoms. The maximum atomic E-state index is 12.3. The number of rotatable bonds is 7. The molecule has 1 aliphatic rings. The van der Waals surface area contributed by atoms with Crippen LogP contribution in [-0.2, 0) is 10.0 Å². The van der Waals surface area contributed by atoms with Crippen LogP contribution in [0.25, 0.3) is 0 Å². The number of benzene rings is 1. The lowest BCUT2D eigenvalue weighted by molar-refractivity contribution is -0.387. The van der Waals surface area contributed by atoms with Crippen molar-refractivity contribution < 1.29 is 18.1 Å². The van der Waals surface area contributed by atoms with Crippen molar-refractivity contribution in [1.82, 2.24) is 10.0 Å². The minimum Gasteiger partial charge on any atom is -0.497 e. The molecule has 8 nitrogen and oxygen atoms in total. The molecule has 128 valence electrons. The zero-order valence-corrected chi connectivity index (χ0v) is 13.8. The molecule has 0 radical (unpaired) electrons. The van der Waals surface area contributed by atoms with Gasteiger partial charge in [0.15, 0.2) is 4.90 Å². The average molecular weight is 343 g/mol. The smallest absolute Gasteiger partial charge is 0.293 e. The van der Waals surface area contributed by atoms with Gasteiger partial charge < -0.3 is 10.1 Å². The second-order valence-corrected chi connectivity index (χ2v) is 7.22. The van der Waals surface area contributed by atoms with E-state index in [2.05, 4.69) is 10.0 Å². The van der Waals surface area contributed by atoms with Crippen molar-refractivity contribution >= 4 is 15.7 Å². The number of nitrogens with zero attached hydrogens (tertiary/aromatic N) is 1. The van der Waals surface area contributed by atoms with Gasteiger partial charge in [0.05, 0.1) is 18.1 Å². The van der Waals surface area contributed by atoms with E-state index >= 15 is 0 Å². The molecule has 0 aliphatic carbocycles. The zero-order chi connectivity index (χ0) is 16.9. The van der Waals surface area contributed by atoms with E-state index in [0.717, 1.165) is 32.0 Å². The Labute approximate surface area is 135 Å². The van der Waals surface area contributed by atoms with E-state index in [1.165, 1.54) is 19.2 Å². The Morgan fingerprint density at radius 3 is 2.87 bits per heavy atom. The molecule has 1 unspecified atom stereocenters. The second kappa shape index (κ2) is 7.71. The quantitative estimate of drug-likeness (QED) is 0.570. The predicted octanol–water partition coefficient (Wildman–Crippen LogP) is 1.27. The molecule has 1 aromatic carbocycles. The summed E-state index contributed by atoms with van der Waals surface area (Å²) < 4.78 is 32.0. The number of nitro groups is 1. The molecule has 1 saturated heterocycles. The van der Waals surface area contributed by atoms with Crippen LogP contribution in [0.5, 0.6) is 5.75 Å². The summed E-state index contributed by atoms with van der Waals surface area (Å²) in [5.74, 6) is 0.668. The van der Waals surface area contributed by atoms with Gasteiger partial charge >= 0.3 is 0 Å². The van der Waals surface area contributed by atoms with Crippen LogP contribution >= 0.6 is 0 Å². The molecule has 1 atom stereocenters. The highest BCUT2D eigenvalue weighted by Crippen LogP contribution is 2.28. The number of hydrogen-bond acceptors (Lipinski definition) is 6. The Hall–Kier alpha value is -1.71. The Morgan fingerprint density at radius 1 is 1.48 bits per heavy atom. The minimum absolute atomic E-state index is 0.240. The van der Waals surface area contributed by atoms with Crippen molar-refractivity contribution in [2.75, 3.05) is 26.7 Å². The fourth-order valence-electron chi connectivity index (χ4n) is 2.64. The third kappa shape index (κ3) is 4.63. The number of hydrogen-bond donors (Lipinski definition) is 2. The van der Waals surface area contributed by atoms with E-state index in [1.807, 2.05) is 0 Å². The van der Waals surface area contributed by atoms with Crippen LogP contribution in [0, 0.1) is 16.0 Å². The normalized spacial score (nSPS) is 18.6. The van der Waals surface area contributed by atoms with Crippen molar-refractivity contribution in [3.05, 3.63) is 28.3 Å². The SMILES string of the molecule is COc1ccc(S(=O)(=O)NCCC2CCCNC2)c([N+](=O)[O-])c1. The van der Waals surface area contributed by atoms with E-state index in [1.54, 1.807) is 0 Å². The highest BCUT2D eigenvalue weighted by molar-refractivity contribution is 7.89. The van der Waals surface area contributed by atoms with E-state index in [0.29, 0.717) is 12.3 Å². The number of nitrogens with one attached hydrogen (secondary N) is 2. The molecule has 0 aromatic heterocycles. The molecule has 1 fully saturated rings. The fraction of sp³-hybridized carbons (Fsp3) is 0.571. The number of ether oxygens (including phenoxy) is 1. The lowest BCUT2D eigenvalue weighted by Gasteiger charge is -2.22. The Morgan fingerprint density at radius 2 is 2.26 bits per heavy atom. The molecule has 1 heterocycles. The molecular formula is C14H21N3O5S. The highest BCUT2D eigenvalue weighted by atomic mass is 32.2. The van der Waals surface area contributed by atoms with E-state index in [9.17, 15) is 18.5 Å². The first-order chi connectivity index (χ1) is 10.9. The van der Waals surface area contributed by atoms with E-state index < -0.39 is 20.6 Å². The largest absolute Gasteiger partial charge is 0.497 e. The van der Waals surface area contributed by atoms with Gasteiger partial charge in [-0.1, -0.05) is 0 Å². The summed E-state index contributed by atoms with van der Waals surface area (Å²) in [4.78, 5) is 10.0. The van der Waals surface area contributed by atoms with Gasteiger partial charge in [-0.2, -0.15) is 0 Å². The number of methoxy groups -OCH3 is 1. The van der Waals surface area contributed by atoms with E-state index in [-0.39, 0.29) is 17.2 Å². The summed E-state index contributed by atoms with van der Waals surface area (Å²) in [6.07, 6.45) is 2.86. The highest BCUT2D eigenvalue weighted by Gasteiger charge is 2.26. The second-order valence-electron chi connectivity index (χ2n) is 5.49. The first kappa shape index (κ1) is 17.6. The van der Waals surface area contributed by atoms with Crippen LogP contribution in [0.4, 0.5) is 5.69 Å². The average Bonchev–Trinajstić information content (AvgIpc) is 2.55. The third-order valence-corrected chi connectivity index (χ3v) is 5.40. The van der Waals surface area contributed by atoms with Gasteiger partial charge in [-0.05, 0) is 50.4 Å². The molecule has 23 heavy (non-hydrogen) atoms. The third-order valence-electron chi connectivity index (χ3n) is 3.90. The van der Waals surface area contributed by atoms with Gasteiger partial charge in [0.2, 0.25) is 10.0 Å². The van der Waals surface area contributed by atoms with Crippen molar-refractivity contribution in [3.63, 3.8) is 0 Å². The van der Waals surface area contributed by atoms with Gasteiger partial charge in [0, 0.05) is 6.54 Å². The summed E-state index contributed by atoms with van der Waals surface area (Å²) in [6.45, 7) is 2.14. The van der Waals surface area contributed by atoms with Gasteiger partial charge in [0.1, 0.15) is 5.75 Å². The van der Waals surface area contributed by atoms with Crippen molar-refractivity contribution in [2.45, 2.75) is 24.2 Å². The summed E-state index contributed by atoms with van der Waals surface area (Å²) in [5.41, 5.74) is -0.490. The zero-order valence-electron chi connectivity index (χ0n) is 12.9. The molecule has 2 rings (SSSR count). The monoisotopic (exact) mass is 343 g/mol. The number of nitro benzene ring substituents is 1. The van der Waals surface area contributed by atoms with Crippen LogP contribution in [0.2, 0.25) is 0 Å². The van der Waals surface area contributed by atoms with Crippen molar-refractivity contribution in [2.24, 2.45) is 5.92 Å². The molecular weight excluding hydrogens is 322 g/mol. The van der Waals surface area contributed by atoms with Crippen LogP contribution in [0.3, 0.4) is 0 Å². The molecule has 0 amide bonds. The predicted molar refractivity (Wildman–Crippen MR) is 85.0 cm³/mol. The first-order valence-electron chi connectivity index (χ1n) is 7.47. The summed E-state index contributed by atoms with van der Waals surface area (Å²) in [5, 5.41) is 14.4. The lowest BCUT2D eigenvalue weighted by atomic mass is 9.96. The molecule has 9 heteroatoms. The molecule has 1 aliphatic heterocycles. The van der Waals surface area contributed by atoms with E-state index in [4.69, 9.17) is 4.74 Å². The maximum absolute atomic E-state index is 12.3. The standard InChI is InChI=1S/C14H21N3O5S/c1-22-12-4-5-14(13(9-12)17(18)19)23(20,21)16-8-6-11-3-2-7-15-10-11/h4-5,9,11,15-16H,2-3,6-8,10H2,1H3. The molecule has 1 aromatic rings. The number of sulfonamides is 1. The van der Waals surface area contributed by atoms with Crippen LogP contribution in [0.1, 0.15) is 19.3 Å². The Kier molecular flexibility index (Phi) is 5.91. The van der Waals surface area contributed by atoms with Crippen molar-refractivity contribution in [1.29, 1.82) is 0 Å². The van der Waals surface area contributed by atoms with Gasteiger partial charge in [0.25, 0.3) is 5.69 Å². The lowest BCUT2D eigenvalue weighted by Crippen LogP contribution is -2.33. The fourth-order valence-corrected chi connectivity index (χ4v) is 3.84. The minimum atomic E-state index is -3.93.